The summed E-state index contributed by atoms with van der Waals surface area (Å²) in [5.74, 6) is 1.09. The van der Waals surface area contributed by atoms with Gasteiger partial charge in [0.25, 0.3) is 0 Å². The highest BCUT2D eigenvalue weighted by Gasteiger charge is 2.12. The number of aliphatic imine (C=N–C) groups is 1. The number of nitrogens with zero attached hydrogens (tertiary/aromatic N) is 2. The minimum absolute atomic E-state index is 0.516. The summed E-state index contributed by atoms with van der Waals surface area (Å²) in [4.78, 5) is 9.59. The van der Waals surface area contributed by atoms with E-state index in [-0.39, 0.29) is 0 Å². The molecule has 1 heterocycles. The molecule has 30 heavy (non-hydrogen) atoms. The molecule has 0 aliphatic rings. The van der Waals surface area contributed by atoms with E-state index in [0.29, 0.717) is 30.7 Å². The zero-order valence-electron chi connectivity index (χ0n) is 17.9. The summed E-state index contributed by atoms with van der Waals surface area (Å²) in [5.41, 5.74) is 3.69. The first-order valence-electron chi connectivity index (χ1n) is 10.8. The Balaban J connectivity index is 1.99. The van der Waals surface area contributed by atoms with Crippen molar-refractivity contribution < 1.29 is 9.47 Å². The third-order valence-electron chi connectivity index (χ3n) is 4.63. The van der Waals surface area contributed by atoms with Gasteiger partial charge in [-0.05, 0) is 18.9 Å². The summed E-state index contributed by atoms with van der Waals surface area (Å²) >= 11 is 0. The van der Waals surface area contributed by atoms with Crippen LogP contribution in [-0.4, -0.2) is 23.9 Å². The van der Waals surface area contributed by atoms with Gasteiger partial charge in [-0.2, -0.15) is 4.98 Å². The minimum atomic E-state index is 0.516. The minimum Gasteiger partial charge on any atom is -0.478 e. The molecule has 1 aromatic heterocycles. The zero-order valence-corrected chi connectivity index (χ0v) is 17.9. The molecule has 0 bridgehead atoms. The van der Waals surface area contributed by atoms with Crippen molar-refractivity contribution in [2.75, 3.05) is 13.2 Å². The Morgan fingerprint density at radius 1 is 0.733 bits per heavy atom. The quantitative estimate of drug-likeness (QED) is 0.268. The molecular formula is C26H30N2O2. The van der Waals surface area contributed by atoms with E-state index in [0.717, 1.165) is 42.5 Å². The second-order valence-corrected chi connectivity index (χ2v) is 7.07. The molecule has 0 aliphatic heterocycles. The Labute approximate surface area is 179 Å². The molecule has 3 rings (SSSR count). The first-order chi connectivity index (χ1) is 14.8. The Bertz CT molecular complexity index is 883. The highest BCUT2D eigenvalue weighted by Crippen LogP contribution is 2.30. The van der Waals surface area contributed by atoms with E-state index in [9.17, 15) is 0 Å². The van der Waals surface area contributed by atoms with Gasteiger partial charge in [0.2, 0.25) is 11.8 Å². The maximum Gasteiger partial charge on any atom is 0.243 e. The molecule has 2 aromatic carbocycles. The molecule has 0 aliphatic carbocycles. The summed E-state index contributed by atoms with van der Waals surface area (Å²) in [6.07, 6.45) is 4.11. The number of benzene rings is 2. The van der Waals surface area contributed by atoms with Crippen LogP contribution in [0.3, 0.4) is 0 Å². The zero-order chi connectivity index (χ0) is 21.0. The van der Waals surface area contributed by atoms with Crippen LogP contribution in [0, 0.1) is 0 Å². The van der Waals surface area contributed by atoms with Gasteiger partial charge in [0.05, 0.1) is 18.9 Å². The van der Waals surface area contributed by atoms with Crippen molar-refractivity contribution in [2.45, 2.75) is 39.5 Å². The lowest BCUT2D eigenvalue weighted by Crippen LogP contribution is -2.05. The van der Waals surface area contributed by atoms with Crippen molar-refractivity contribution in [3.8, 4) is 11.8 Å². The van der Waals surface area contributed by atoms with Crippen LogP contribution in [0.4, 0.5) is 5.69 Å². The van der Waals surface area contributed by atoms with Gasteiger partial charge in [-0.1, -0.05) is 87.4 Å². The third kappa shape index (κ3) is 6.18. The van der Waals surface area contributed by atoms with Crippen LogP contribution < -0.4 is 9.47 Å². The number of aromatic nitrogens is 1. The first kappa shape index (κ1) is 21.6. The van der Waals surface area contributed by atoms with Crippen LogP contribution in [0.25, 0.3) is 0 Å². The predicted octanol–water partition coefficient (Wildman–Crippen LogP) is 6.61. The maximum atomic E-state index is 6.00. The Hall–Kier alpha value is -3.14. The number of unbranched alkanes of at least 4 members (excludes halogenated alkanes) is 2. The van der Waals surface area contributed by atoms with Crippen LogP contribution >= 0.6 is 0 Å². The maximum absolute atomic E-state index is 6.00. The van der Waals surface area contributed by atoms with E-state index >= 15 is 0 Å². The number of hydrogen-bond acceptors (Lipinski definition) is 4. The van der Waals surface area contributed by atoms with Gasteiger partial charge >= 0.3 is 0 Å². The molecule has 0 N–H and O–H groups in total. The van der Waals surface area contributed by atoms with E-state index in [1.807, 2.05) is 48.5 Å². The summed E-state index contributed by atoms with van der Waals surface area (Å²) in [7, 11) is 0. The van der Waals surface area contributed by atoms with E-state index in [4.69, 9.17) is 14.5 Å². The van der Waals surface area contributed by atoms with Crippen molar-refractivity contribution in [3.05, 3.63) is 83.9 Å². The molecule has 156 valence electrons. The van der Waals surface area contributed by atoms with Gasteiger partial charge in [0.15, 0.2) is 0 Å². The molecule has 0 saturated heterocycles. The topological polar surface area (TPSA) is 43.7 Å². The molecule has 4 heteroatoms. The highest BCUT2D eigenvalue weighted by molar-refractivity contribution is 6.14. The van der Waals surface area contributed by atoms with Crippen LogP contribution in [0.5, 0.6) is 11.8 Å². The predicted molar refractivity (Wildman–Crippen MR) is 123 cm³/mol. The van der Waals surface area contributed by atoms with Gasteiger partial charge < -0.3 is 9.47 Å². The van der Waals surface area contributed by atoms with E-state index in [1.54, 1.807) is 0 Å². The number of rotatable bonds is 11. The first-order valence-corrected chi connectivity index (χ1v) is 10.8. The fourth-order valence-electron chi connectivity index (χ4n) is 2.93. The fourth-order valence-corrected chi connectivity index (χ4v) is 2.93. The van der Waals surface area contributed by atoms with Gasteiger partial charge in [-0.25, -0.2) is 4.99 Å². The van der Waals surface area contributed by atoms with E-state index < -0.39 is 0 Å². The molecule has 0 amide bonds. The van der Waals surface area contributed by atoms with Gasteiger partial charge in [-0.15, -0.1) is 0 Å². The largest absolute Gasteiger partial charge is 0.478 e. The van der Waals surface area contributed by atoms with Crippen LogP contribution in [0.15, 0.2) is 77.8 Å². The second-order valence-electron chi connectivity index (χ2n) is 7.07. The van der Waals surface area contributed by atoms with Crippen molar-refractivity contribution in [3.63, 3.8) is 0 Å². The lowest BCUT2D eigenvalue weighted by Gasteiger charge is -2.12. The van der Waals surface area contributed by atoms with Crippen molar-refractivity contribution in [2.24, 2.45) is 4.99 Å². The molecule has 3 aromatic rings. The normalized spacial score (nSPS) is 10.5. The van der Waals surface area contributed by atoms with Crippen LogP contribution in [-0.2, 0) is 0 Å². The standard InChI is InChI=1S/C26H30N2O2/c1-3-5-19-29-24-18-17-23(26(28-24)30-20-6-4-2)27-25(21-13-9-7-10-14-21)22-15-11-8-12-16-22/h7-18H,3-6,19-20H2,1-2H3. The monoisotopic (exact) mass is 402 g/mol. The lowest BCUT2D eigenvalue weighted by atomic mass is 10.0. The van der Waals surface area contributed by atoms with Crippen LogP contribution in [0.1, 0.15) is 50.7 Å². The average molecular weight is 403 g/mol. The molecule has 0 radical (unpaired) electrons. The summed E-state index contributed by atoms with van der Waals surface area (Å²) in [5, 5.41) is 0. The van der Waals surface area contributed by atoms with E-state index in [1.165, 1.54) is 0 Å². The molecular weight excluding hydrogens is 372 g/mol. The number of pyridine rings is 1. The van der Waals surface area contributed by atoms with Crippen LogP contribution in [0.2, 0.25) is 0 Å². The van der Waals surface area contributed by atoms with E-state index in [2.05, 4.69) is 43.1 Å². The Morgan fingerprint density at radius 3 is 1.87 bits per heavy atom. The van der Waals surface area contributed by atoms with Gasteiger partial charge in [0.1, 0.15) is 5.69 Å². The molecule has 0 fully saturated rings. The van der Waals surface area contributed by atoms with Crippen molar-refractivity contribution >= 4 is 11.4 Å². The summed E-state index contributed by atoms with van der Waals surface area (Å²) < 4.78 is 11.8. The van der Waals surface area contributed by atoms with Crippen molar-refractivity contribution in [1.29, 1.82) is 0 Å². The Kier molecular flexibility index (Phi) is 8.46. The van der Waals surface area contributed by atoms with Gasteiger partial charge in [-0.3, -0.25) is 0 Å². The second kappa shape index (κ2) is 11.8. The average Bonchev–Trinajstić information content (AvgIpc) is 2.80. The van der Waals surface area contributed by atoms with Gasteiger partial charge in [0, 0.05) is 17.2 Å². The Morgan fingerprint density at radius 2 is 1.30 bits per heavy atom. The fraction of sp³-hybridized carbons (Fsp3) is 0.308. The molecule has 4 nitrogen and oxygen atoms in total. The lowest BCUT2D eigenvalue weighted by molar-refractivity contribution is 0.274. The molecule has 0 spiro atoms. The smallest absolute Gasteiger partial charge is 0.243 e. The molecule has 0 saturated carbocycles. The third-order valence-corrected chi connectivity index (χ3v) is 4.63. The highest BCUT2D eigenvalue weighted by atomic mass is 16.5. The SMILES string of the molecule is CCCCOc1ccc(N=C(c2ccccc2)c2ccccc2)c(OCCCC)n1. The van der Waals surface area contributed by atoms with Crippen molar-refractivity contribution in [1.82, 2.24) is 4.98 Å². The summed E-state index contributed by atoms with van der Waals surface area (Å²) in [6.45, 7) is 5.54. The molecule has 0 atom stereocenters. The number of ether oxygens (including phenoxy) is 2. The molecule has 0 unspecified atom stereocenters. The number of hydrogen-bond donors (Lipinski definition) is 0. The summed E-state index contributed by atoms with van der Waals surface area (Å²) in [6, 6.07) is 24.2.